The van der Waals surface area contributed by atoms with Gasteiger partial charge in [-0.25, -0.2) is 0 Å². The number of aryl methyl sites for hydroxylation is 1. The van der Waals surface area contributed by atoms with Crippen LogP contribution in [0.2, 0.25) is 0 Å². The summed E-state index contributed by atoms with van der Waals surface area (Å²) in [6.45, 7) is 9.59. The van der Waals surface area contributed by atoms with Crippen LogP contribution in [0.1, 0.15) is 37.8 Å². The largest absolute Gasteiger partial charge is 0.383 e. The number of ether oxygens (including phenoxy) is 1. The highest BCUT2D eigenvalue weighted by Crippen LogP contribution is 2.27. The molecule has 0 saturated carbocycles. The summed E-state index contributed by atoms with van der Waals surface area (Å²) in [6.07, 6.45) is 3.62. The van der Waals surface area contributed by atoms with Gasteiger partial charge in [-0.1, -0.05) is 50.1 Å². The lowest BCUT2D eigenvalue weighted by molar-refractivity contribution is 0.190. The molecule has 1 rings (SSSR count). The van der Waals surface area contributed by atoms with Gasteiger partial charge in [0.1, 0.15) is 0 Å². The van der Waals surface area contributed by atoms with Gasteiger partial charge in [0.2, 0.25) is 0 Å². The van der Waals surface area contributed by atoms with Crippen LogP contribution in [0.3, 0.4) is 0 Å². The van der Waals surface area contributed by atoms with Crippen molar-refractivity contribution in [3.63, 3.8) is 0 Å². The molecule has 0 aromatic heterocycles. The summed E-state index contributed by atoms with van der Waals surface area (Å²) in [6, 6.07) is 8.88. The monoisotopic (exact) mass is 263 g/mol. The maximum absolute atomic E-state index is 5.09. The van der Waals surface area contributed by atoms with Crippen LogP contribution in [0.25, 0.3) is 0 Å². The highest BCUT2D eigenvalue weighted by atomic mass is 16.5. The summed E-state index contributed by atoms with van der Waals surface area (Å²) in [4.78, 5) is 0. The van der Waals surface area contributed by atoms with Gasteiger partial charge in [-0.05, 0) is 30.7 Å². The molecule has 108 valence electrons. The van der Waals surface area contributed by atoms with Gasteiger partial charge >= 0.3 is 0 Å². The minimum absolute atomic E-state index is 0.330. The van der Waals surface area contributed by atoms with Crippen LogP contribution >= 0.6 is 0 Å². The Morgan fingerprint density at radius 2 is 2.11 bits per heavy atom. The topological polar surface area (TPSA) is 21.3 Å². The zero-order valence-corrected chi connectivity index (χ0v) is 13.0. The Kier molecular flexibility index (Phi) is 7.11. The Labute approximate surface area is 118 Å². The standard InChI is InChI=1S/C17H29NO/c1-5-9-17(3,14-18-10-11-19-4)13-16-8-6-7-15(2)12-16/h6-8,12,18H,5,9-11,13-14H2,1-4H3. The van der Waals surface area contributed by atoms with Gasteiger partial charge in [0.05, 0.1) is 6.61 Å². The van der Waals surface area contributed by atoms with Gasteiger partial charge in [0.25, 0.3) is 0 Å². The lowest BCUT2D eigenvalue weighted by atomic mass is 9.79. The van der Waals surface area contributed by atoms with E-state index in [0.717, 1.165) is 26.1 Å². The fraction of sp³-hybridized carbons (Fsp3) is 0.647. The maximum Gasteiger partial charge on any atom is 0.0587 e. The number of hydrogen-bond acceptors (Lipinski definition) is 2. The smallest absolute Gasteiger partial charge is 0.0587 e. The van der Waals surface area contributed by atoms with E-state index in [9.17, 15) is 0 Å². The van der Waals surface area contributed by atoms with E-state index in [1.807, 2.05) is 0 Å². The van der Waals surface area contributed by atoms with E-state index in [0.29, 0.717) is 5.41 Å². The van der Waals surface area contributed by atoms with Crippen molar-refractivity contribution < 1.29 is 4.74 Å². The molecule has 19 heavy (non-hydrogen) atoms. The number of methoxy groups -OCH3 is 1. The highest BCUT2D eigenvalue weighted by Gasteiger charge is 2.23. The van der Waals surface area contributed by atoms with Gasteiger partial charge in [0, 0.05) is 20.2 Å². The third kappa shape index (κ3) is 6.22. The predicted octanol–water partition coefficient (Wildman–Crippen LogP) is 3.58. The van der Waals surface area contributed by atoms with Gasteiger partial charge in [-0.3, -0.25) is 0 Å². The van der Waals surface area contributed by atoms with Crippen molar-refractivity contribution in [1.29, 1.82) is 0 Å². The second-order valence-electron chi connectivity index (χ2n) is 5.90. The van der Waals surface area contributed by atoms with Gasteiger partial charge in [0.15, 0.2) is 0 Å². The van der Waals surface area contributed by atoms with E-state index in [2.05, 4.69) is 50.4 Å². The molecule has 0 aliphatic rings. The molecule has 0 spiro atoms. The van der Waals surface area contributed by atoms with Gasteiger partial charge < -0.3 is 10.1 Å². The number of nitrogens with one attached hydrogen (secondary N) is 1. The third-order valence-electron chi connectivity index (χ3n) is 3.60. The lowest BCUT2D eigenvalue weighted by Gasteiger charge is -2.30. The highest BCUT2D eigenvalue weighted by molar-refractivity contribution is 5.23. The first-order chi connectivity index (χ1) is 9.09. The molecule has 2 nitrogen and oxygen atoms in total. The van der Waals surface area contributed by atoms with Crippen molar-refractivity contribution in [1.82, 2.24) is 5.32 Å². The summed E-state index contributed by atoms with van der Waals surface area (Å²) in [5.41, 5.74) is 3.13. The SMILES string of the molecule is CCCC(C)(CNCCOC)Cc1cccc(C)c1. The molecule has 0 fully saturated rings. The number of hydrogen-bond donors (Lipinski definition) is 1. The maximum atomic E-state index is 5.09. The van der Waals surface area contributed by atoms with Crippen molar-refractivity contribution in [3.05, 3.63) is 35.4 Å². The summed E-state index contributed by atoms with van der Waals surface area (Å²) in [7, 11) is 1.75. The van der Waals surface area contributed by atoms with Crippen molar-refractivity contribution in [2.45, 2.75) is 40.0 Å². The summed E-state index contributed by atoms with van der Waals surface area (Å²) in [5, 5.41) is 3.52. The second-order valence-corrected chi connectivity index (χ2v) is 5.90. The van der Waals surface area contributed by atoms with Crippen molar-refractivity contribution in [3.8, 4) is 0 Å². The Balaban J connectivity index is 2.59. The van der Waals surface area contributed by atoms with Gasteiger partial charge in [-0.15, -0.1) is 0 Å². The molecule has 0 amide bonds. The Bertz CT molecular complexity index is 364. The molecular weight excluding hydrogens is 234 g/mol. The number of rotatable bonds is 9. The molecule has 1 N–H and O–H groups in total. The normalized spacial score (nSPS) is 14.3. The van der Waals surface area contributed by atoms with E-state index in [4.69, 9.17) is 4.74 Å². The summed E-state index contributed by atoms with van der Waals surface area (Å²) < 4.78 is 5.09. The molecule has 0 radical (unpaired) electrons. The molecule has 0 aliphatic heterocycles. The van der Waals surface area contributed by atoms with E-state index in [-0.39, 0.29) is 0 Å². The fourth-order valence-electron chi connectivity index (χ4n) is 2.72. The van der Waals surface area contributed by atoms with Crippen LogP contribution in [0.15, 0.2) is 24.3 Å². The fourth-order valence-corrected chi connectivity index (χ4v) is 2.72. The molecule has 1 atom stereocenters. The minimum atomic E-state index is 0.330. The zero-order chi connectivity index (χ0) is 14.1. The van der Waals surface area contributed by atoms with E-state index < -0.39 is 0 Å². The molecular formula is C17H29NO. The first-order valence-electron chi connectivity index (χ1n) is 7.35. The zero-order valence-electron chi connectivity index (χ0n) is 13.0. The van der Waals surface area contributed by atoms with Crippen LogP contribution in [0.4, 0.5) is 0 Å². The molecule has 0 heterocycles. The van der Waals surface area contributed by atoms with Crippen LogP contribution in [-0.4, -0.2) is 26.8 Å². The molecule has 1 aromatic rings. The minimum Gasteiger partial charge on any atom is -0.383 e. The lowest BCUT2D eigenvalue weighted by Crippen LogP contribution is -2.35. The van der Waals surface area contributed by atoms with Crippen LogP contribution < -0.4 is 5.32 Å². The molecule has 2 heteroatoms. The molecule has 0 aliphatic carbocycles. The first-order valence-corrected chi connectivity index (χ1v) is 7.35. The van der Waals surface area contributed by atoms with E-state index in [1.54, 1.807) is 7.11 Å². The molecule has 0 bridgehead atoms. The Hall–Kier alpha value is -0.860. The summed E-state index contributed by atoms with van der Waals surface area (Å²) >= 11 is 0. The van der Waals surface area contributed by atoms with Gasteiger partial charge in [-0.2, -0.15) is 0 Å². The van der Waals surface area contributed by atoms with E-state index in [1.165, 1.54) is 24.0 Å². The van der Waals surface area contributed by atoms with Crippen molar-refractivity contribution >= 4 is 0 Å². The Morgan fingerprint density at radius 1 is 1.32 bits per heavy atom. The van der Waals surface area contributed by atoms with Crippen LogP contribution in [0.5, 0.6) is 0 Å². The van der Waals surface area contributed by atoms with Crippen LogP contribution in [0, 0.1) is 12.3 Å². The van der Waals surface area contributed by atoms with Crippen molar-refractivity contribution in [2.75, 3.05) is 26.8 Å². The Morgan fingerprint density at radius 3 is 2.74 bits per heavy atom. The number of benzene rings is 1. The average Bonchev–Trinajstić information content (AvgIpc) is 2.35. The third-order valence-corrected chi connectivity index (χ3v) is 3.60. The molecule has 1 aromatic carbocycles. The van der Waals surface area contributed by atoms with Crippen LogP contribution in [-0.2, 0) is 11.2 Å². The average molecular weight is 263 g/mol. The molecule has 1 unspecified atom stereocenters. The quantitative estimate of drug-likeness (QED) is 0.688. The predicted molar refractivity (Wildman–Crippen MR) is 82.6 cm³/mol. The first kappa shape index (κ1) is 16.2. The summed E-state index contributed by atoms with van der Waals surface area (Å²) in [5.74, 6) is 0. The van der Waals surface area contributed by atoms with Crippen molar-refractivity contribution in [2.24, 2.45) is 5.41 Å². The van der Waals surface area contributed by atoms with E-state index >= 15 is 0 Å². The second kappa shape index (κ2) is 8.34. The molecule has 0 saturated heterocycles.